The number of likely N-dealkylation sites (tertiary alicyclic amines) is 1. The van der Waals surface area contributed by atoms with Gasteiger partial charge in [0.25, 0.3) is 0 Å². The van der Waals surface area contributed by atoms with E-state index in [-0.39, 0.29) is 0 Å². The van der Waals surface area contributed by atoms with Gasteiger partial charge in [-0.2, -0.15) is 0 Å². The molecule has 1 aliphatic heterocycles. The molecule has 1 atom stereocenters. The average Bonchev–Trinajstić information content (AvgIpc) is 2.47. The molecule has 1 heterocycles. The van der Waals surface area contributed by atoms with Crippen LogP contribution in [0.25, 0.3) is 0 Å². The first-order valence-corrected chi connectivity index (χ1v) is 7.31. The molecule has 108 valence electrons. The van der Waals surface area contributed by atoms with E-state index in [1.165, 1.54) is 24.9 Å². The van der Waals surface area contributed by atoms with Crippen molar-refractivity contribution in [3.63, 3.8) is 0 Å². The van der Waals surface area contributed by atoms with Crippen LogP contribution in [0.3, 0.4) is 0 Å². The summed E-state index contributed by atoms with van der Waals surface area (Å²) in [7, 11) is 1.79. The van der Waals surface area contributed by atoms with E-state index in [9.17, 15) is 0 Å². The lowest BCUT2D eigenvalue weighted by Crippen LogP contribution is -2.36. The van der Waals surface area contributed by atoms with E-state index in [1.807, 2.05) is 6.07 Å². The molecule has 1 aromatic carbocycles. The second-order valence-electron chi connectivity index (χ2n) is 5.36. The average molecular weight is 272 g/mol. The lowest BCUT2D eigenvalue weighted by molar-refractivity contribution is 0.0873. The smallest absolute Gasteiger partial charge is 0.0555 e. The summed E-state index contributed by atoms with van der Waals surface area (Å²) in [6, 6.07) is 8.36. The predicted molar refractivity (Wildman–Crippen MR) is 82.3 cm³/mol. The SMILES string of the molecule is COCC1CCCN(Cc2ccccc2C#CCN)C1. The normalized spacial score (nSPS) is 19.4. The van der Waals surface area contributed by atoms with Crippen LogP contribution in [-0.4, -0.2) is 38.3 Å². The van der Waals surface area contributed by atoms with Crippen LogP contribution >= 0.6 is 0 Å². The fraction of sp³-hybridized carbons (Fsp3) is 0.529. The number of piperidine rings is 1. The molecule has 2 N–H and O–H groups in total. The number of nitrogens with zero attached hydrogens (tertiary/aromatic N) is 1. The Balaban J connectivity index is 2.02. The van der Waals surface area contributed by atoms with Crippen molar-refractivity contribution >= 4 is 0 Å². The molecule has 0 saturated carbocycles. The Morgan fingerprint density at radius 3 is 3.05 bits per heavy atom. The Hall–Kier alpha value is -1.34. The molecule has 2 rings (SSSR count). The summed E-state index contributed by atoms with van der Waals surface area (Å²) in [6.07, 6.45) is 2.53. The number of hydrogen-bond donors (Lipinski definition) is 1. The van der Waals surface area contributed by atoms with Gasteiger partial charge in [0.05, 0.1) is 13.2 Å². The number of hydrogen-bond acceptors (Lipinski definition) is 3. The van der Waals surface area contributed by atoms with Gasteiger partial charge in [0.15, 0.2) is 0 Å². The molecular weight excluding hydrogens is 248 g/mol. The second-order valence-corrected chi connectivity index (χ2v) is 5.36. The van der Waals surface area contributed by atoms with E-state index in [2.05, 4.69) is 34.9 Å². The zero-order valence-corrected chi connectivity index (χ0v) is 12.3. The maximum atomic E-state index is 5.46. The summed E-state index contributed by atoms with van der Waals surface area (Å²) in [4.78, 5) is 2.51. The first kappa shape index (κ1) is 15.1. The first-order chi connectivity index (χ1) is 9.83. The third-order valence-electron chi connectivity index (χ3n) is 3.74. The predicted octanol–water partition coefficient (Wildman–Crippen LogP) is 1.86. The van der Waals surface area contributed by atoms with Gasteiger partial charge >= 0.3 is 0 Å². The zero-order valence-electron chi connectivity index (χ0n) is 12.3. The second kappa shape index (κ2) is 8.06. The van der Waals surface area contributed by atoms with Gasteiger partial charge in [0.1, 0.15) is 0 Å². The maximum absolute atomic E-state index is 5.46. The van der Waals surface area contributed by atoms with Crippen LogP contribution in [0.5, 0.6) is 0 Å². The Kier molecular flexibility index (Phi) is 6.07. The largest absolute Gasteiger partial charge is 0.384 e. The van der Waals surface area contributed by atoms with E-state index in [1.54, 1.807) is 7.11 Å². The summed E-state index contributed by atoms with van der Waals surface area (Å²) in [5.41, 5.74) is 7.87. The van der Waals surface area contributed by atoms with Gasteiger partial charge in [0.2, 0.25) is 0 Å². The van der Waals surface area contributed by atoms with Gasteiger partial charge in [-0.25, -0.2) is 0 Å². The minimum absolute atomic E-state index is 0.411. The van der Waals surface area contributed by atoms with Crippen LogP contribution in [0.1, 0.15) is 24.0 Å². The standard InChI is InChI=1S/C17H24N2O/c1-20-14-15-6-5-11-19(12-15)13-17-8-3-2-7-16(17)9-4-10-18/h2-3,7-8,15H,5-6,10-14,18H2,1H3. The summed E-state index contributed by atoms with van der Waals surface area (Å²) < 4.78 is 5.29. The molecule has 0 amide bonds. The topological polar surface area (TPSA) is 38.5 Å². The lowest BCUT2D eigenvalue weighted by Gasteiger charge is -2.32. The highest BCUT2D eigenvalue weighted by Gasteiger charge is 2.20. The van der Waals surface area contributed by atoms with Crippen LogP contribution in [0.15, 0.2) is 24.3 Å². The zero-order chi connectivity index (χ0) is 14.2. The van der Waals surface area contributed by atoms with Crippen LogP contribution in [-0.2, 0) is 11.3 Å². The van der Waals surface area contributed by atoms with Gasteiger partial charge in [0, 0.05) is 25.8 Å². The van der Waals surface area contributed by atoms with Crippen molar-refractivity contribution in [2.45, 2.75) is 19.4 Å². The number of benzene rings is 1. The van der Waals surface area contributed by atoms with Crippen LogP contribution < -0.4 is 5.73 Å². The molecule has 3 heteroatoms. The number of rotatable bonds is 4. The molecule has 0 radical (unpaired) electrons. The highest BCUT2D eigenvalue weighted by atomic mass is 16.5. The van der Waals surface area contributed by atoms with Gasteiger partial charge in [-0.15, -0.1) is 0 Å². The Morgan fingerprint density at radius 1 is 1.40 bits per heavy atom. The van der Waals surface area contributed by atoms with E-state index in [0.717, 1.165) is 25.3 Å². The summed E-state index contributed by atoms with van der Waals surface area (Å²) in [5, 5.41) is 0. The highest BCUT2D eigenvalue weighted by Crippen LogP contribution is 2.20. The lowest BCUT2D eigenvalue weighted by atomic mass is 9.98. The molecule has 3 nitrogen and oxygen atoms in total. The fourth-order valence-electron chi connectivity index (χ4n) is 2.83. The highest BCUT2D eigenvalue weighted by molar-refractivity contribution is 5.41. The molecule has 1 fully saturated rings. The van der Waals surface area contributed by atoms with Gasteiger partial charge in [-0.1, -0.05) is 30.0 Å². The van der Waals surface area contributed by atoms with E-state index in [0.29, 0.717) is 12.5 Å². The third-order valence-corrected chi connectivity index (χ3v) is 3.74. The molecule has 0 bridgehead atoms. The van der Waals surface area contributed by atoms with E-state index < -0.39 is 0 Å². The van der Waals surface area contributed by atoms with Gasteiger partial charge in [-0.05, 0) is 36.9 Å². The molecule has 20 heavy (non-hydrogen) atoms. The number of ether oxygens (including phenoxy) is 1. The van der Waals surface area contributed by atoms with Crippen LogP contribution in [0.2, 0.25) is 0 Å². The van der Waals surface area contributed by atoms with Crippen molar-refractivity contribution in [1.29, 1.82) is 0 Å². The molecule has 1 unspecified atom stereocenters. The Labute approximate surface area is 122 Å². The first-order valence-electron chi connectivity index (χ1n) is 7.31. The molecule has 1 saturated heterocycles. The van der Waals surface area contributed by atoms with Gasteiger partial charge in [-0.3, -0.25) is 4.90 Å². The molecular formula is C17H24N2O. The molecule has 1 aromatic rings. The van der Waals surface area contributed by atoms with Crippen LogP contribution in [0, 0.1) is 17.8 Å². The minimum Gasteiger partial charge on any atom is -0.384 e. The molecule has 0 aromatic heterocycles. The van der Waals surface area contributed by atoms with Crippen molar-refractivity contribution in [3.05, 3.63) is 35.4 Å². The summed E-state index contributed by atoms with van der Waals surface area (Å²) in [5.74, 6) is 6.79. The quantitative estimate of drug-likeness (QED) is 0.850. The summed E-state index contributed by atoms with van der Waals surface area (Å²) >= 11 is 0. The van der Waals surface area contributed by atoms with E-state index in [4.69, 9.17) is 10.5 Å². The third kappa shape index (κ3) is 4.35. The Morgan fingerprint density at radius 2 is 2.25 bits per heavy atom. The number of methoxy groups -OCH3 is 1. The fourth-order valence-corrected chi connectivity index (χ4v) is 2.83. The monoisotopic (exact) mass is 272 g/mol. The van der Waals surface area contributed by atoms with Crippen molar-refractivity contribution in [2.75, 3.05) is 33.4 Å². The van der Waals surface area contributed by atoms with Crippen molar-refractivity contribution < 1.29 is 4.74 Å². The van der Waals surface area contributed by atoms with Crippen molar-refractivity contribution in [2.24, 2.45) is 11.7 Å². The Bertz CT molecular complexity index is 473. The number of nitrogens with two attached hydrogens (primary N) is 1. The summed E-state index contributed by atoms with van der Waals surface area (Å²) in [6.45, 7) is 4.53. The molecule has 1 aliphatic rings. The van der Waals surface area contributed by atoms with Gasteiger partial charge < -0.3 is 10.5 Å². The van der Waals surface area contributed by atoms with Crippen LogP contribution in [0.4, 0.5) is 0 Å². The van der Waals surface area contributed by atoms with Crippen molar-refractivity contribution in [3.8, 4) is 11.8 Å². The minimum atomic E-state index is 0.411. The maximum Gasteiger partial charge on any atom is 0.0555 e. The van der Waals surface area contributed by atoms with Crippen molar-refractivity contribution in [1.82, 2.24) is 4.90 Å². The van der Waals surface area contributed by atoms with E-state index >= 15 is 0 Å². The molecule has 0 spiro atoms. The molecule has 0 aliphatic carbocycles.